The van der Waals surface area contributed by atoms with Crippen molar-refractivity contribution in [1.29, 1.82) is 0 Å². The van der Waals surface area contributed by atoms with Crippen LogP contribution in [0.25, 0.3) is 0 Å². The first-order valence-corrected chi connectivity index (χ1v) is 6.02. The third-order valence-electron chi connectivity index (χ3n) is 2.94. The molecule has 5 nitrogen and oxygen atoms in total. The lowest BCUT2D eigenvalue weighted by atomic mass is 9.93. The molecular weight excluding hydrogens is 222 g/mol. The Bertz CT molecular complexity index is 241. The highest BCUT2D eigenvalue weighted by Gasteiger charge is 2.44. The lowest BCUT2D eigenvalue weighted by Crippen LogP contribution is -2.63. The second-order valence-electron chi connectivity index (χ2n) is 5.53. The van der Waals surface area contributed by atoms with Crippen LogP contribution < -0.4 is 5.73 Å². The van der Waals surface area contributed by atoms with Crippen molar-refractivity contribution in [2.75, 3.05) is 13.7 Å². The maximum absolute atomic E-state index is 9.31. The SMILES string of the molecule is CO[C@@H]1C(CO)O[C@@H](C)C(N)[C@H]1OC(C)(C)C. The predicted octanol–water partition coefficient (Wildman–Crippen LogP) is 0.292. The van der Waals surface area contributed by atoms with Gasteiger partial charge in [0, 0.05) is 7.11 Å². The first-order valence-electron chi connectivity index (χ1n) is 6.02. The Hall–Kier alpha value is -0.200. The lowest BCUT2D eigenvalue weighted by Gasteiger charge is -2.45. The van der Waals surface area contributed by atoms with E-state index in [-0.39, 0.29) is 42.7 Å². The van der Waals surface area contributed by atoms with Crippen LogP contribution in [-0.2, 0) is 14.2 Å². The molecular formula is C12H25NO4. The molecule has 1 fully saturated rings. The van der Waals surface area contributed by atoms with Gasteiger partial charge in [0.05, 0.1) is 24.4 Å². The molecule has 1 aliphatic rings. The first kappa shape index (κ1) is 14.9. The number of aliphatic hydroxyl groups excluding tert-OH is 1. The van der Waals surface area contributed by atoms with Crippen molar-refractivity contribution in [2.24, 2.45) is 5.73 Å². The van der Waals surface area contributed by atoms with Gasteiger partial charge in [0.1, 0.15) is 18.3 Å². The molecule has 1 saturated heterocycles. The van der Waals surface area contributed by atoms with E-state index in [4.69, 9.17) is 19.9 Å². The summed E-state index contributed by atoms with van der Waals surface area (Å²) in [6.45, 7) is 7.71. The largest absolute Gasteiger partial charge is 0.394 e. The number of methoxy groups -OCH3 is 1. The van der Waals surface area contributed by atoms with E-state index >= 15 is 0 Å². The summed E-state index contributed by atoms with van der Waals surface area (Å²) in [5, 5.41) is 9.31. The van der Waals surface area contributed by atoms with Gasteiger partial charge in [0.15, 0.2) is 0 Å². The minimum absolute atomic E-state index is 0.0976. The molecule has 0 aromatic rings. The van der Waals surface area contributed by atoms with Crippen LogP contribution >= 0.6 is 0 Å². The summed E-state index contributed by atoms with van der Waals surface area (Å²) in [6, 6.07) is -0.262. The van der Waals surface area contributed by atoms with Crippen LogP contribution in [-0.4, -0.2) is 54.9 Å². The zero-order valence-corrected chi connectivity index (χ0v) is 11.3. The van der Waals surface area contributed by atoms with E-state index in [1.165, 1.54) is 0 Å². The Kier molecular flexibility index (Phi) is 4.92. The molecule has 1 heterocycles. The third kappa shape index (κ3) is 3.63. The van der Waals surface area contributed by atoms with Crippen LogP contribution in [0.1, 0.15) is 27.7 Å². The molecule has 5 heteroatoms. The second kappa shape index (κ2) is 5.63. The standard InChI is InChI=1S/C12H25NO4/c1-7-9(13)11(17-12(2,3)4)10(15-5)8(6-14)16-7/h7-11,14H,6,13H2,1-5H3/t7-,8?,9?,10+,11+/m0/s1. The number of hydrogen-bond donors (Lipinski definition) is 2. The van der Waals surface area contributed by atoms with Crippen molar-refractivity contribution < 1.29 is 19.3 Å². The van der Waals surface area contributed by atoms with E-state index in [0.29, 0.717) is 0 Å². The van der Waals surface area contributed by atoms with Crippen LogP contribution in [0.5, 0.6) is 0 Å². The van der Waals surface area contributed by atoms with E-state index in [1.54, 1.807) is 7.11 Å². The van der Waals surface area contributed by atoms with Crippen LogP contribution in [0.2, 0.25) is 0 Å². The first-order chi connectivity index (χ1) is 7.80. The molecule has 0 amide bonds. The monoisotopic (exact) mass is 247 g/mol. The molecule has 2 unspecified atom stereocenters. The van der Waals surface area contributed by atoms with Gasteiger partial charge in [-0.05, 0) is 27.7 Å². The minimum Gasteiger partial charge on any atom is -0.394 e. The maximum Gasteiger partial charge on any atom is 0.113 e. The molecule has 0 bridgehead atoms. The van der Waals surface area contributed by atoms with Gasteiger partial charge in [-0.3, -0.25) is 0 Å². The smallest absolute Gasteiger partial charge is 0.113 e. The second-order valence-corrected chi connectivity index (χ2v) is 5.53. The predicted molar refractivity (Wildman–Crippen MR) is 64.8 cm³/mol. The van der Waals surface area contributed by atoms with Crippen molar-refractivity contribution in [3.05, 3.63) is 0 Å². The molecule has 0 saturated carbocycles. The molecule has 1 rings (SSSR count). The van der Waals surface area contributed by atoms with Crippen molar-refractivity contribution in [2.45, 2.75) is 63.8 Å². The number of aliphatic hydroxyl groups is 1. The van der Waals surface area contributed by atoms with Crippen molar-refractivity contribution in [3.8, 4) is 0 Å². The Labute approximate surface area is 103 Å². The van der Waals surface area contributed by atoms with Crippen LogP contribution in [0.4, 0.5) is 0 Å². The van der Waals surface area contributed by atoms with E-state index in [2.05, 4.69) is 0 Å². The topological polar surface area (TPSA) is 73.9 Å². The van der Waals surface area contributed by atoms with Gasteiger partial charge in [0.25, 0.3) is 0 Å². The Morgan fingerprint density at radius 3 is 2.29 bits per heavy atom. The van der Waals surface area contributed by atoms with Crippen LogP contribution in [0.3, 0.4) is 0 Å². The van der Waals surface area contributed by atoms with E-state index in [0.717, 1.165) is 0 Å². The third-order valence-corrected chi connectivity index (χ3v) is 2.94. The molecule has 0 radical (unpaired) electrons. The van der Waals surface area contributed by atoms with Gasteiger partial charge < -0.3 is 25.1 Å². The Morgan fingerprint density at radius 1 is 1.29 bits per heavy atom. The quantitative estimate of drug-likeness (QED) is 0.750. The van der Waals surface area contributed by atoms with E-state index < -0.39 is 0 Å². The summed E-state index contributed by atoms with van der Waals surface area (Å²) in [7, 11) is 1.58. The molecule has 0 spiro atoms. The number of ether oxygens (including phenoxy) is 3. The average Bonchev–Trinajstić information content (AvgIpc) is 2.22. The Balaban J connectivity index is 2.85. The van der Waals surface area contributed by atoms with Crippen molar-refractivity contribution in [1.82, 2.24) is 0 Å². The van der Waals surface area contributed by atoms with Crippen molar-refractivity contribution in [3.63, 3.8) is 0 Å². The van der Waals surface area contributed by atoms with Gasteiger partial charge in [0.2, 0.25) is 0 Å². The normalized spacial score (nSPS) is 39.4. The minimum atomic E-state index is -0.387. The average molecular weight is 247 g/mol. The number of nitrogens with two attached hydrogens (primary N) is 1. The highest BCUT2D eigenvalue weighted by Crippen LogP contribution is 2.27. The van der Waals surface area contributed by atoms with Crippen molar-refractivity contribution >= 4 is 0 Å². The van der Waals surface area contributed by atoms with Gasteiger partial charge in [-0.25, -0.2) is 0 Å². The summed E-state index contributed by atoms with van der Waals surface area (Å²) in [6.07, 6.45) is -1.17. The highest BCUT2D eigenvalue weighted by atomic mass is 16.6. The maximum atomic E-state index is 9.31. The molecule has 0 aromatic heterocycles. The molecule has 0 aromatic carbocycles. The van der Waals surface area contributed by atoms with Gasteiger partial charge in [-0.2, -0.15) is 0 Å². The number of hydrogen-bond acceptors (Lipinski definition) is 5. The fourth-order valence-corrected chi connectivity index (χ4v) is 2.13. The van der Waals surface area contributed by atoms with Crippen LogP contribution in [0, 0.1) is 0 Å². The molecule has 0 aliphatic carbocycles. The highest BCUT2D eigenvalue weighted by molar-refractivity contribution is 4.95. The zero-order chi connectivity index (χ0) is 13.2. The number of rotatable bonds is 3. The van der Waals surface area contributed by atoms with E-state index in [1.807, 2.05) is 27.7 Å². The van der Waals surface area contributed by atoms with Gasteiger partial charge >= 0.3 is 0 Å². The van der Waals surface area contributed by atoms with E-state index in [9.17, 15) is 5.11 Å². The molecule has 17 heavy (non-hydrogen) atoms. The summed E-state index contributed by atoms with van der Waals surface area (Å²) in [5.74, 6) is 0. The zero-order valence-electron chi connectivity index (χ0n) is 11.3. The molecule has 5 atom stereocenters. The lowest BCUT2D eigenvalue weighted by molar-refractivity contribution is -0.228. The summed E-state index contributed by atoms with van der Waals surface area (Å²) >= 11 is 0. The molecule has 1 aliphatic heterocycles. The summed E-state index contributed by atoms with van der Waals surface area (Å²) < 4.78 is 17.0. The molecule has 3 N–H and O–H groups in total. The molecule has 102 valence electrons. The fraction of sp³-hybridized carbons (Fsp3) is 1.00. The van der Waals surface area contributed by atoms with Crippen LogP contribution in [0.15, 0.2) is 0 Å². The summed E-state index contributed by atoms with van der Waals surface area (Å²) in [4.78, 5) is 0. The van der Waals surface area contributed by atoms with Gasteiger partial charge in [-0.1, -0.05) is 0 Å². The van der Waals surface area contributed by atoms with Gasteiger partial charge in [-0.15, -0.1) is 0 Å². The fourth-order valence-electron chi connectivity index (χ4n) is 2.13. The Morgan fingerprint density at radius 2 is 1.88 bits per heavy atom. The summed E-state index contributed by atoms with van der Waals surface area (Å²) in [5.41, 5.74) is 5.79.